The van der Waals surface area contributed by atoms with E-state index in [1.165, 1.54) is 0 Å². The maximum Gasteiger partial charge on any atom is 0 e. The van der Waals surface area contributed by atoms with E-state index in [2.05, 4.69) is 32.5 Å². The third-order valence-electron chi connectivity index (χ3n) is 1.58. The Morgan fingerprint density at radius 1 is 1.50 bits per heavy atom. The second kappa shape index (κ2) is 3.71. The van der Waals surface area contributed by atoms with Gasteiger partial charge in [-0.05, 0) is 6.54 Å². The Labute approximate surface area is 71.3 Å². The zero-order valence-corrected chi connectivity index (χ0v) is 16.1. The summed E-state index contributed by atoms with van der Waals surface area (Å²) in [4.78, 5) is 0. The van der Waals surface area contributed by atoms with Gasteiger partial charge in [-0.25, -0.2) is 0 Å². The molecular formula is C7H14NReRf-. The summed E-state index contributed by atoms with van der Waals surface area (Å²) in [5.74, 6) is 0. The number of nitrogens with one attached hydrogen (secondary N) is 1. The van der Waals surface area contributed by atoms with Crippen molar-refractivity contribution in [2.24, 2.45) is 5.41 Å². The van der Waals surface area contributed by atoms with Gasteiger partial charge in [0.25, 0.3) is 0 Å². The molecule has 1 rings (SSSR count). The van der Waals surface area contributed by atoms with E-state index in [-0.39, 0.29) is 20.4 Å². The molecule has 1 fully saturated rings. The number of hydrogen-bond donors (Lipinski definition) is 1. The number of rotatable bonds is 0. The van der Waals surface area contributed by atoms with Gasteiger partial charge in [-0.2, -0.15) is 0 Å². The predicted molar refractivity (Wildman–Crippen MR) is 35.5 cm³/mol. The molecule has 0 spiro atoms. The van der Waals surface area contributed by atoms with Crippen molar-refractivity contribution in [3.63, 3.8) is 0 Å². The largest absolute Gasteiger partial charge is 0.345 e. The molecule has 0 aromatic carbocycles. The van der Waals surface area contributed by atoms with Gasteiger partial charge >= 0.3 is 0 Å². The summed E-state index contributed by atoms with van der Waals surface area (Å²) in [6, 6.07) is 0.616. The first-order valence-electron chi connectivity index (χ1n) is 3.20. The molecule has 0 aromatic rings. The van der Waals surface area contributed by atoms with Gasteiger partial charge in [-0.15, -0.1) is 11.5 Å². The molecule has 0 saturated carbocycles. The van der Waals surface area contributed by atoms with E-state index < -0.39 is 0 Å². The first-order chi connectivity index (χ1) is 3.60. The van der Waals surface area contributed by atoms with E-state index in [9.17, 15) is 0 Å². The Kier molecular flexibility index (Phi) is 4.57. The molecule has 1 unspecified atom stereocenters. The molecular weight excluding hydrogens is 551 g/mol. The van der Waals surface area contributed by atoms with E-state index in [1.54, 1.807) is 0 Å². The van der Waals surface area contributed by atoms with Crippen LogP contribution < -0.4 is 5.32 Å². The SMILES string of the molecule is CC1[CH-]C(C)(C)CN1.[Re].[Rf]. The molecule has 1 saturated heterocycles. The van der Waals surface area contributed by atoms with Crippen LogP contribution in [0.4, 0.5) is 0 Å². The quantitative estimate of drug-likeness (QED) is 0.436. The van der Waals surface area contributed by atoms with Crippen LogP contribution in [0.1, 0.15) is 20.8 Å². The van der Waals surface area contributed by atoms with E-state index in [0.29, 0.717) is 11.5 Å². The van der Waals surface area contributed by atoms with Gasteiger partial charge in [0.1, 0.15) is 0 Å². The van der Waals surface area contributed by atoms with Crippen molar-refractivity contribution in [2.75, 3.05) is 6.54 Å². The predicted octanol–water partition coefficient (Wildman–Crippen LogP) is 1.21. The van der Waals surface area contributed by atoms with Crippen molar-refractivity contribution in [2.45, 2.75) is 26.8 Å². The van der Waals surface area contributed by atoms with Gasteiger partial charge in [0.05, 0.1) is 0 Å². The molecule has 0 aromatic heterocycles. The van der Waals surface area contributed by atoms with Crippen LogP contribution in [-0.4, -0.2) is 12.6 Å². The summed E-state index contributed by atoms with van der Waals surface area (Å²) in [5.41, 5.74) is 0.430. The molecule has 0 amide bonds. The fraction of sp³-hybridized carbons (Fsp3) is 0.857. The second-order valence-electron chi connectivity index (χ2n) is 3.32. The zero-order valence-electron chi connectivity index (χ0n) is 6.95. The van der Waals surface area contributed by atoms with Crippen molar-refractivity contribution in [3.05, 3.63) is 6.42 Å². The molecule has 1 aliphatic heterocycles. The summed E-state index contributed by atoms with van der Waals surface area (Å²) >= 11 is 0. The average molecular weight is 565 g/mol. The van der Waals surface area contributed by atoms with Crippen LogP contribution in [0.25, 0.3) is 0 Å². The Bertz CT molecular complexity index is 95.6. The summed E-state index contributed by atoms with van der Waals surface area (Å²) in [7, 11) is 0. The first kappa shape index (κ1) is 12.3. The molecule has 1 radical (unpaired) electrons. The standard InChI is InChI=1S/C7H14N.Re.Rf/c1-6-4-7(2,3)5-8-6;;/h4,6,8H,5H2,1-3H3;;/q-1;;. The molecule has 57 valence electrons. The van der Waals surface area contributed by atoms with Crippen LogP contribution >= 0.6 is 0 Å². The molecule has 1 heterocycles. The Morgan fingerprint density at radius 3 is 2.10 bits per heavy atom. The normalized spacial score (nSPS) is 28.5. The van der Waals surface area contributed by atoms with Crippen molar-refractivity contribution >= 4 is 0 Å². The Hall–Kier alpha value is -0.378. The van der Waals surface area contributed by atoms with Gasteiger partial charge < -0.3 is 11.7 Å². The summed E-state index contributed by atoms with van der Waals surface area (Å²) in [6.07, 6.45) is 2.35. The van der Waals surface area contributed by atoms with Gasteiger partial charge in [-0.3, -0.25) is 0 Å². The van der Waals surface area contributed by atoms with Crippen LogP contribution in [0.2, 0.25) is 0 Å². The second-order valence-corrected chi connectivity index (χ2v) is 3.32. The molecule has 3 heteroatoms. The maximum absolute atomic E-state index is 3.35. The minimum absolute atomic E-state index is 0. The van der Waals surface area contributed by atoms with Gasteiger partial charge in [0, 0.05) is 20.4 Å². The van der Waals surface area contributed by atoms with E-state index in [4.69, 9.17) is 0 Å². The van der Waals surface area contributed by atoms with Crippen LogP contribution in [0, 0.1) is 11.8 Å². The fourth-order valence-electron chi connectivity index (χ4n) is 1.22. The molecule has 0 aliphatic carbocycles. The molecule has 0 bridgehead atoms. The Morgan fingerprint density at radius 2 is 2.00 bits per heavy atom. The zero-order chi connectivity index (χ0) is 6.20. The minimum atomic E-state index is 0. The maximum atomic E-state index is 3.35. The fourth-order valence-corrected chi connectivity index (χ4v) is 1.22. The summed E-state index contributed by atoms with van der Waals surface area (Å²) < 4.78 is 0. The third-order valence-corrected chi connectivity index (χ3v) is 1.58. The van der Waals surface area contributed by atoms with Crippen LogP contribution in [0.15, 0.2) is 0 Å². The topological polar surface area (TPSA) is 12.0 Å². The molecule has 1 aliphatic rings. The van der Waals surface area contributed by atoms with Gasteiger partial charge in [0.15, 0.2) is 0 Å². The summed E-state index contributed by atoms with van der Waals surface area (Å²) in [5, 5.41) is 3.35. The monoisotopic (exact) mass is 566 g/mol. The van der Waals surface area contributed by atoms with Crippen molar-refractivity contribution < 1.29 is 20.4 Å². The molecule has 1 nitrogen and oxygen atoms in total. The van der Waals surface area contributed by atoms with E-state index in [0.717, 1.165) is 6.54 Å². The van der Waals surface area contributed by atoms with E-state index >= 15 is 0 Å². The van der Waals surface area contributed by atoms with Crippen LogP contribution in [-0.2, 0) is 20.4 Å². The Balaban J connectivity index is 0. The summed E-state index contributed by atoms with van der Waals surface area (Å²) in [6.45, 7) is 7.83. The smallest absolute Gasteiger partial charge is 0 e. The average Bonchev–Trinajstić information content (AvgIpc) is 1.82. The van der Waals surface area contributed by atoms with Gasteiger partial charge in [-0.1, -0.05) is 20.8 Å². The van der Waals surface area contributed by atoms with Crippen LogP contribution in [0.3, 0.4) is 0 Å². The van der Waals surface area contributed by atoms with Crippen molar-refractivity contribution in [3.8, 4) is 0 Å². The molecule has 1 atom stereocenters. The van der Waals surface area contributed by atoms with Crippen molar-refractivity contribution in [1.29, 1.82) is 0 Å². The van der Waals surface area contributed by atoms with E-state index in [1.807, 2.05) is 0 Å². The first-order valence-corrected chi connectivity index (χ1v) is 3.20. The van der Waals surface area contributed by atoms with Gasteiger partial charge in [0.2, 0.25) is 0 Å². The van der Waals surface area contributed by atoms with Crippen molar-refractivity contribution in [1.82, 2.24) is 5.32 Å². The van der Waals surface area contributed by atoms with Crippen LogP contribution in [0.5, 0.6) is 0 Å². The third kappa shape index (κ3) is 2.96. The molecule has 1 N–H and O–H groups in total. The minimum Gasteiger partial charge on any atom is -0.345 e. The number of hydrogen-bond acceptors (Lipinski definition) is 1. The molecule has 10 heavy (non-hydrogen) atoms.